The van der Waals surface area contributed by atoms with Gasteiger partial charge in [0.25, 0.3) is 5.69 Å². The second-order valence-corrected chi connectivity index (χ2v) is 9.44. The molecule has 0 fully saturated rings. The fourth-order valence-electron chi connectivity index (χ4n) is 3.47. The molecule has 1 amide bonds. The van der Waals surface area contributed by atoms with Crippen molar-refractivity contribution in [1.29, 1.82) is 0 Å². The molecule has 33 heavy (non-hydrogen) atoms. The maximum atomic E-state index is 12.8. The second-order valence-electron chi connectivity index (χ2n) is 7.35. The molecule has 11 heteroatoms. The van der Waals surface area contributed by atoms with E-state index in [0.717, 1.165) is 11.1 Å². The van der Waals surface area contributed by atoms with Gasteiger partial charge in [0.1, 0.15) is 0 Å². The van der Waals surface area contributed by atoms with Gasteiger partial charge in [0.15, 0.2) is 11.5 Å². The number of nitro benzene ring substituents is 1. The highest BCUT2D eigenvalue weighted by molar-refractivity contribution is 7.89. The van der Waals surface area contributed by atoms with E-state index in [9.17, 15) is 23.3 Å². The predicted octanol–water partition coefficient (Wildman–Crippen LogP) is 2.13. The molecule has 0 atom stereocenters. The Morgan fingerprint density at radius 2 is 1.79 bits per heavy atom. The fraction of sp³-hybridized carbons (Fsp3) is 0.318. The van der Waals surface area contributed by atoms with Gasteiger partial charge in [-0.3, -0.25) is 14.9 Å². The van der Waals surface area contributed by atoms with Crippen LogP contribution < -0.4 is 14.8 Å². The minimum Gasteiger partial charge on any atom is -0.493 e. The van der Waals surface area contributed by atoms with Gasteiger partial charge in [-0.05, 0) is 53.5 Å². The number of nitrogens with one attached hydrogen (secondary N) is 1. The molecule has 0 bridgehead atoms. The molecule has 0 aliphatic carbocycles. The Morgan fingerprint density at radius 3 is 2.39 bits per heavy atom. The maximum absolute atomic E-state index is 12.8. The lowest BCUT2D eigenvalue weighted by Gasteiger charge is -2.29. The van der Waals surface area contributed by atoms with Crippen molar-refractivity contribution < 1.29 is 27.6 Å². The van der Waals surface area contributed by atoms with E-state index in [1.54, 1.807) is 13.2 Å². The molecule has 1 N–H and O–H groups in total. The highest BCUT2D eigenvalue weighted by atomic mass is 32.2. The van der Waals surface area contributed by atoms with Crippen LogP contribution in [0.2, 0.25) is 0 Å². The number of ether oxygens (including phenoxy) is 2. The van der Waals surface area contributed by atoms with Gasteiger partial charge in [0.05, 0.1) is 24.9 Å². The van der Waals surface area contributed by atoms with Crippen molar-refractivity contribution in [2.75, 3.05) is 33.1 Å². The summed E-state index contributed by atoms with van der Waals surface area (Å²) in [5.74, 6) is 0.469. The number of carbonyl (C=O) groups is 1. The summed E-state index contributed by atoms with van der Waals surface area (Å²) in [5, 5.41) is 13.2. The predicted molar refractivity (Wildman–Crippen MR) is 123 cm³/mol. The van der Waals surface area contributed by atoms with E-state index in [-0.39, 0.29) is 24.5 Å². The lowest BCUT2D eigenvalue weighted by atomic mass is 10.0. The van der Waals surface area contributed by atoms with E-state index < -0.39 is 20.9 Å². The van der Waals surface area contributed by atoms with Gasteiger partial charge in [0.2, 0.25) is 15.9 Å². The molecule has 0 spiro atoms. The van der Waals surface area contributed by atoms with Crippen LogP contribution in [0.4, 0.5) is 5.69 Å². The molecule has 0 saturated carbocycles. The molecule has 176 valence electrons. The Kier molecular flexibility index (Phi) is 7.67. The molecule has 0 radical (unpaired) electrons. The van der Waals surface area contributed by atoms with E-state index in [1.165, 1.54) is 47.8 Å². The van der Waals surface area contributed by atoms with E-state index in [1.807, 2.05) is 6.07 Å². The van der Waals surface area contributed by atoms with Gasteiger partial charge in [-0.15, -0.1) is 0 Å². The third-order valence-electron chi connectivity index (χ3n) is 5.27. The van der Waals surface area contributed by atoms with Crippen LogP contribution in [0.25, 0.3) is 6.08 Å². The summed E-state index contributed by atoms with van der Waals surface area (Å²) in [6.07, 6.45) is 3.31. The Bertz CT molecular complexity index is 1160. The zero-order valence-corrected chi connectivity index (χ0v) is 19.1. The normalized spacial score (nSPS) is 14.0. The highest BCUT2D eigenvalue weighted by Crippen LogP contribution is 2.33. The van der Waals surface area contributed by atoms with Crippen LogP contribution in [0.15, 0.2) is 42.5 Å². The first-order valence-corrected chi connectivity index (χ1v) is 11.8. The number of nitrogens with zero attached hydrogens (tertiary/aromatic N) is 2. The number of rotatable bonds is 9. The van der Waals surface area contributed by atoms with Crippen LogP contribution in [0.5, 0.6) is 11.5 Å². The summed E-state index contributed by atoms with van der Waals surface area (Å²) in [6.45, 7) is 0.534. The molecule has 2 aromatic rings. The summed E-state index contributed by atoms with van der Waals surface area (Å²) >= 11 is 0. The molecule has 0 unspecified atom stereocenters. The maximum Gasteiger partial charge on any atom is 0.269 e. The van der Waals surface area contributed by atoms with Crippen LogP contribution in [-0.4, -0.2) is 56.6 Å². The first-order valence-electron chi connectivity index (χ1n) is 10.2. The summed E-state index contributed by atoms with van der Waals surface area (Å²) in [7, 11) is -0.495. The van der Waals surface area contributed by atoms with E-state index >= 15 is 0 Å². The largest absolute Gasteiger partial charge is 0.493 e. The minimum atomic E-state index is -3.58. The fourth-order valence-corrected chi connectivity index (χ4v) is 4.79. The first-order chi connectivity index (χ1) is 15.7. The molecule has 10 nitrogen and oxygen atoms in total. The minimum absolute atomic E-state index is 0.0406. The molecule has 1 aliphatic heterocycles. The molecule has 0 saturated heterocycles. The van der Waals surface area contributed by atoms with Gasteiger partial charge in [-0.1, -0.05) is 0 Å². The van der Waals surface area contributed by atoms with Gasteiger partial charge >= 0.3 is 0 Å². The first kappa shape index (κ1) is 24.2. The van der Waals surface area contributed by atoms with E-state index in [2.05, 4.69) is 5.32 Å². The van der Waals surface area contributed by atoms with Crippen molar-refractivity contribution in [2.24, 2.45) is 0 Å². The van der Waals surface area contributed by atoms with E-state index in [0.29, 0.717) is 30.0 Å². The Morgan fingerprint density at radius 1 is 1.15 bits per heavy atom. The summed E-state index contributed by atoms with van der Waals surface area (Å²) in [4.78, 5) is 22.2. The lowest BCUT2D eigenvalue weighted by molar-refractivity contribution is -0.384. The number of fused-ring (bicyclic) bond motifs is 1. The summed E-state index contributed by atoms with van der Waals surface area (Å²) in [5.41, 5.74) is 2.45. The summed E-state index contributed by atoms with van der Waals surface area (Å²) in [6, 6.07) is 9.38. The number of carbonyl (C=O) groups excluding carboxylic acids is 1. The number of hydrogen-bond donors (Lipinski definition) is 1. The van der Waals surface area contributed by atoms with Crippen molar-refractivity contribution in [3.63, 3.8) is 0 Å². The molecular formula is C22H25N3O7S. The smallest absolute Gasteiger partial charge is 0.269 e. The van der Waals surface area contributed by atoms with Crippen molar-refractivity contribution in [3.05, 3.63) is 69.3 Å². The zero-order chi connectivity index (χ0) is 24.0. The average Bonchev–Trinajstić information content (AvgIpc) is 2.81. The number of amides is 1. The Hall–Kier alpha value is -3.44. The number of sulfonamides is 1. The van der Waals surface area contributed by atoms with Crippen LogP contribution in [-0.2, 0) is 27.8 Å². The van der Waals surface area contributed by atoms with Crippen LogP contribution >= 0.6 is 0 Å². The number of non-ortho nitro benzene ring substituents is 1. The van der Waals surface area contributed by atoms with Gasteiger partial charge in [-0.2, -0.15) is 4.31 Å². The van der Waals surface area contributed by atoms with Crippen molar-refractivity contribution in [1.82, 2.24) is 9.62 Å². The van der Waals surface area contributed by atoms with Gasteiger partial charge < -0.3 is 14.8 Å². The Labute approximate surface area is 192 Å². The SMILES string of the molecule is COc1cc2c(cc1OC)CN(S(=O)(=O)CCNC(=O)/C=C/c1ccc([N+](=O)[O-])cc1)CC2. The molecule has 2 aromatic carbocycles. The molecule has 0 aromatic heterocycles. The van der Waals surface area contributed by atoms with Crippen molar-refractivity contribution >= 4 is 27.7 Å². The highest BCUT2D eigenvalue weighted by Gasteiger charge is 2.27. The molecule has 1 aliphatic rings. The third kappa shape index (κ3) is 6.08. The Balaban J connectivity index is 1.54. The number of nitro groups is 1. The van der Waals surface area contributed by atoms with Crippen molar-refractivity contribution in [3.8, 4) is 11.5 Å². The van der Waals surface area contributed by atoms with Gasteiger partial charge in [-0.25, -0.2) is 8.42 Å². The lowest BCUT2D eigenvalue weighted by Crippen LogP contribution is -2.40. The quantitative estimate of drug-likeness (QED) is 0.334. The monoisotopic (exact) mass is 475 g/mol. The topological polar surface area (TPSA) is 128 Å². The average molecular weight is 476 g/mol. The van der Waals surface area contributed by atoms with Crippen LogP contribution in [0.3, 0.4) is 0 Å². The third-order valence-corrected chi connectivity index (χ3v) is 7.09. The number of methoxy groups -OCH3 is 2. The number of hydrogen-bond acceptors (Lipinski definition) is 7. The second kappa shape index (κ2) is 10.5. The molecule has 3 rings (SSSR count). The number of benzene rings is 2. The summed E-state index contributed by atoms with van der Waals surface area (Å²) < 4.78 is 37.5. The van der Waals surface area contributed by atoms with Gasteiger partial charge in [0, 0.05) is 37.8 Å². The van der Waals surface area contributed by atoms with E-state index in [4.69, 9.17) is 9.47 Å². The van der Waals surface area contributed by atoms with Crippen molar-refractivity contribution in [2.45, 2.75) is 13.0 Å². The van der Waals surface area contributed by atoms with Crippen LogP contribution in [0, 0.1) is 10.1 Å². The molecular weight excluding hydrogens is 450 g/mol. The zero-order valence-electron chi connectivity index (χ0n) is 18.3. The van der Waals surface area contributed by atoms with Crippen LogP contribution in [0.1, 0.15) is 16.7 Å². The molecule has 1 heterocycles. The standard InChI is InChI=1S/C22H25N3O7S/c1-31-20-13-17-9-11-24(15-18(17)14-21(20)32-2)33(29,30)12-10-23-22(26)8-5-16-3-6-19(7-4-16)25(27)28/h3-8,13-14H,9-12,15H2,1-2H3,(H,23,26)/b8-5+.